The molecule has 2 fully saturated rings. The average Bonchev–Trinajstić information content (AvgIpc) is 3.22. The van der Waals surface area contributed by atoms with E-state index in [0.29, 0.717) is 28.1 Å². The minimum Gasteiger partial charge on any atom is -0.382 e. The topological polar surface area (TPSA) is 83.9 Å². The summed E-state index contributed by atoms with van der Waals surface area (Å²) in [5.74, 6) is -0.190. The number of pyridine rings is 1. The molecule has 5 rings (SSSR count). The van der Waals surface area contributed by atoms with E-state index < -0.39 is 11.9 Å². The highest BCUT2D eigenvalue weighted by atomic mass is 35.5. The van der Waals surface area contributed by atoms with Crippen LogP contribution in [0.4, 0.5) is 18.9 Å². The van der Waals surface area contributed by atoms with Gasteiger partial charge < -0.3 is 16.0 Å². The standard InChI is InChI=1S/C23H24ClF3N6O/c24-14-4-5-19-18(6-14)20(8-21(32-19)23(25,26)27)30-15-2-1-3-16(7-15)31-22(34)13-9-29-33(12-13)17-10-28-11-17/h4-6,8-9,12,15-17,28H,1-3,7,10-11H2,(H,30,32)(H,31,34)/t15-,16?/m0/s1. The molecule has 180 valence electrons. The summed E-state index contributed by atoms with van der Waals surface area (Å²) in [5, 5.41) is 14.7. The predicted molar refractivity (Wildman–Crippen MR) is 123 cm³/mol. The Hall–Kier alpha value is -2.85. The fourth-order valence-electron chi connectivity index (χ4n) is 4.52. The van der Waals surface area contributed by atoms with Gasteiger partial charge in [0, 0.05) is 47.5 Å². The number of aromatic nitrogens is 3. The molecule has 3 heterocycles. The first kappa shape index (κ1) is 22.9. The number of fused-ring (bicyclic) bond motifs is 1. The highest BCUT2D eigenvalue weighted by molar-refractivity contribution is 6.31. The van der Waals surface area contributed by atoms with Crippen molar-refractivity contribution in [3.05, 3.63) is 52.9 Å². The van der Waals surface area contributed by atoms with Crippen molar-refractivity contribution in [1.82, 2.24) is 25.4 Å². The van der Waals surface area contributed by atoms with Gasteiger partial charge in [-0.15, -0.1) is 0 Å². The number of nitrogens with one attached hydrogen (secondary N) is 3. The van der Waals surface area contributed by atoms with Crippen LogP contribution in [0.15, 0.2) is 36.7 Å². The van der Waals surface area contributed by atoms with Gasteiger partial charge in [-0.25, -0.2) is 4.98 Å². The molecule has 7 nitrogen and oxygen atoms in total. The number of carbonyl (C=O) groups is 1. The smallest absolute Gasteiger partial charge is 0.382 e. The summed E-state index contributed by atoms with van der Waals surface area (Å²) in [6.45, 7) is 1.67. The van der Waals surface area contributed by atoms with E-state index in [2.05, 4.69) is 26.0 Å². The van der Waals surface area contributed by atoms with E-state index in [0.717, 1.165) is 38.4 Å². The number of carbonyl (C=O) groups excluding carboxylic acids is 1. The third kappa shape index (κ3) is 4.83. The average molecular weight is 493 g/mol. The van der Waals surface area contributed by atoms with E-state index in [9.17, 15) is 18.0 Å². The predicted octanol–water partition coefficient (Wildman–Crippen LogP) is 4.40. The molecule has 0 bridgehead atoms. The van der Waals surface area contributed by atoms with Crippen LogP contribution in [0, 0.1) is 0 Å². The zero-order chi connectivity index (χ0) is 23.9. The number of rotatable bonds is 5. The molecule has 3 aromatic rings. The Morgan fingerprint density at radius 2 is 1.97 bits per heavy atom. The van der Waals surface area contributed by atoms with E-state index in [-0.39, 0.29) is 29.5 Å². The molecule has 0 radical (unpaired) electrons. The van der Waals surface area contributed by atoms with E-state index in [4.69, 9.17) is 11.6 Å². The molecule has 1 aliphatic carbocycles. The van der Waals surface area contributed by atoms with Crippen LogP contribution in [0.25, 0.3) is 10.9 Å². The van der Waals surface area contributed by atoms with Gasteiger partial charge in [-0.1, -0.05) is 11.6 Å². The number of anilines is 1. The third-order valence-electron chi connectivity index (χ3n) is 6.43. The maximum atomic E-state index is 13.4. The lowest BCUT2D eigenvalue weighted by atomic mass is 9.90. The molecule has 2 aromatic heterocycles. The van der Waals surface area contributed by atoms with Crippen molar-refractivity contribution in [2.45, 2.75) is 50.0 Å². The molecule has 1 aromatic carbocycles. The first-order valence-corrected chi connectivity index (χ1v) is 11.6. The van der Waals surface area contributed by atoms with Crippen molar-refractivity contribution in [3.63, 3.8) is 0 Å². The zero-order valence-corrected chi connectivity index (χ0v) is 19.0. The largest absolute Gasteiger partial charge is 0.433 e. The molecule has 2 aliphatic rings. The van der Waals surface area contributed by atoms with Gasteiger partial charge >= 0.3 is 6.18 Å². The van der Waals surface area contributed by atoms with Gasteiger partial charge in [0.2, 0.25) is 0 Å². The van der Waals surface area contributed by atoms with Gasteiger partial charge in [0.15, 0.2) is 0 Å². The van der Waals surface area contributed by atoms with E-state index in [1.165, 1.54) is 12.1 Å². The molecule has 1 saturated carbocycles. The summed E-state index contributed by atoms with van der Waals surface area (Å²) in [5.41, 5.74) is 0.115. The minimum atomic E-state index is -4.56. The van der Waals surface area contributed by atoms with Crippen LogP contribution in [0.3, 0.4) is 0 Å². The van der Waals surface area contributed by atoms with Crippen molar-refractivity contribution >= 4 is 34.1 Å². The number of benzene rings is 1. The monoisotopic (exact) mass is 492 g/mol. The number of nitrogens with zero attached hydrogens (tertiary/aromatic N) is 3. The van der Waals surface area contributed by atoms with E-state index >= 15 is 0 Å². The molecule has 1 amide bonds. The Morgan fingerprint density at radius 1 is 1.18 bits per heavy atom. The van der Waals surface area contributed by atoms with Crippen LogP contribution in [-0.4, -0.2) is 45.8 Å². The lowest BCUT2D eigenvalue weighted by molar-refractivity contribution is -0.140. The maximum Gasteiger partial charge on any atom is 0.433 e. The molecular weight excluding hydrogens is 469 g/mol. The first-order chi connectivity index (χ1) is 16.3. The molecule has 1 aliphatic heterocycles. The second kappa shape index (κ2) is 9.07. The summed E-state index contributed by atoms with van der Waals surface area (Å²) in [6, 6.07) is 5.74. The van der Waals surface area contributed by atoms with Crippen LogP contribution < -0.4 is 16.0 Å². The van der Waals surface area contributed by atoms with Gasteiger partial charge in [-0.2, -0.15) is 18.3 Å². The van der Waals surface area contributed by atoms with Crippen LogP contribution in [0.1, 0.15) is 47.8 Å². The fraction of sp³-hybridized carbons (Fsp3) is 0.435. The normalized spacial score (nSPS) is 21.3. The molecule has 34 heavy (non-hydrogen) atoms. The summed E-state index contributed by atoms with van der Waals surface area (Å²) < 4.78 is 42.1. The molecule has 0 spiro atoms. The molecule has 2 atom stereocenters. The Morgan fingerprint density at radius 3 is 2.71 bits per heavy atom. The summed E-state index contributed by atoms with van der Waals surface area (Å²) in [6.07, 6.45) is 1.78. The Kier molecular flexibility index (Phi) is 6.11. The lowest BCUT2D eigenvalue weighted by Crippen LogP contribution is -2.43. The van der Waals surface area contributed by atoms with Crippen LogP contribution >= 0.6 is 11.6 Å². The lowest BCUT2D eigenvalue weighted by Gasteiger charge is -2.31. The number of amides is 1. The van der Waals surface area contributed by atoms with E-state index in [1.54, 1.807) is 23.1 Å². The second-order valence-corrected chi connectivity index (χ2v) is 9.35. The Balaban J connectivity index is 1.30. The first-order valence-electron chi connectivity index (χ1n) is 11.3. The van der Waals surface area contributed by atoms with Crippen LogP contribution in [0.2, 0.25) is 5.02 Å². The van der Waals surface area contributed by atoms with Crippen molar-refractivity contribution < 1.29 is 18.0 Å². The number of alkyl halides is 3. The van der Waals surface area contributed by atoms with E-state index in [1.807, 2.05) is 0 Å². The Bertz CT molecular complexity index is 1210. The number of hydrogen-bond acceptors (Lipinski definition) is 5. The molecule has 1 saturated heterocycles. The van der Waals surface area contributed by atoms with Crippen LogP contribution in [0.5, 0.6) is 0 Å². The highest BCUT2D eigenvalue weighted by Gasteiger charge is 2.34. The van der Waals surface area contributed by atoms with Crippen molar-refractivity contribution in [2.24, 2.45) is 0 Å². The van der Waals surface area contributed by atoms with Crippen LogP contribution in [-0.2, 0) is 6.18 Å². The molecule has 11 heteroatoms. The summed E-state index contributed by atoms with van der Waals surface area (Å²) in [7, 11) is 0. The number of halogens is 4. The van der Waals surface area contributed by atoms with Gasteiger partial charge in [0.25, 0.3) is 5.91 Å². The minimum absolute atomic E-state index is 0.0914. The van der Waals surface area contributed by atoms with Gasteiger partial charge in [-0.05, 0) is 49.9 Å². The molecular formula is C23H24ClF3N6O. The second-order valence-electron chi connectivity index (χ2n) is 8.91. The summed E-state index contributed by atoms with van der Waals surface area (Å²) in [4.78, 5) is 16.5. The number of hydrogen-bond donors (Lipinski definition) is 3. The van der Waals surface area contributed by atoms with Gasteiger partial charge in [0.05, 0.1) is 23.3 Å². The maximum absolute atomic E-state index is 13.4. The van der Waals surface area contributed by atoms with Crippen molar-refractivity contribution in [2.75, 3.05) is 18.4 Å². The fourth-order valence-corrected chi connectivity index (χ4v) is 4.69. The van der Waals surface area contributed by atoms with Gasteiger partial charge in [0.1, 0.15) is 5.69 Å². The van der Waals surface area contributed by atoms with Gasteiger partial charge in [-0.3, -0.25) is 9.48 Å². The third-order valence-corrected chi connectivity index (χ3v) is 6.66. The van der Waals surface area contributed by atoms with Crippen molar-refractivity contribution in [1.29, 1.82) is 0 Å². The molecule has 1 unspecified atom stereocenters. The highest BCUT2D eigenvalue weighted by Crippen LogP contribution is 2.35. The molecule has 3 N–H and O–H groups in total. The Labute approximate surface area is 199 Å². The SMILES string of the molecule is O=C(NC1CCC[C@H](Nc2cc(C(F)(F)F)nc3ccc(Cl)cc23)C1)c1cnn(C2CNC2)c1. The van der Waals surface area contributed by atoms with Crippen molar-refractivity contribution in [3.8, 4) is 0 Å². The zero-order valence-electron chi connectivity index (χ0n) is 18.2. The summed E-state index contributed by atoms with van der Waals surface area (Å²) >= 11 is 6.10. The quantitative estimate of drug-likeness (QED) is 0.491.